The molecule has 2 nitrogen and oxygen atoms in total. The van der Waals surface area contributed by atoms with Crippen LogP contribution in [0.3, 0.4) is 0 Å². The van der Waals surface area contributed by atoms with Gasteiger partial charge < -0.3 is 5.11 Å². The van der Waals surface area contributed by atoms with E-state index in [9.17, 15) is 9.90 Å². The van der Waals surface area contributed by atoms with Crippen LogP contribution in [0.1, 0.15) is 22.0 Å². The molecule has 1 atom stereocenters. The molecule has 0 radical (unpaired) electrons. The Labute approximate surface area is 164 Å². The summed E-state index contributed by atoms with van der Waals surface area (Å²) in [7, 11) is 0. The Morgan fingerprint density at radius 2 is 0.929 bits per heavy atom. The van der Waals surface area contributed by atoms with Crippen LogP contribution < -0.4 is 0 Å². The van der Waals surface area contributed by atoms with E-state index in [1.807, 2.05) is 97.1 Å². The maximum absolute atomic E-state index is 12.7. The standard InChI is InChI=1S/C26H20O2/c27-25(23-15-11-21(12-16-23)19-7-3-1-4-8-19)26(28)24-17-13-22(14-18-24)20-9-5-2-6-10-20/h1-18,25,27H. The van der Waals surface area contributed by atoms with Gasteiger partial charge in [-0.3, -0.25) is 4.79 Å². The van der Waals surface area contributed by atoms with Crippen LogP contribution in [0.15, 0.2) is 109 Å². The van der Waals surface area contributed by atoms with Gasteiger partial charge in [0.05, 0.1) is 0 Å². The van der Waals surface area contributed by atoms with Crippen molar-refractivity contribution in [3.8, 4) is 22.3 Å². The predicted molar refractivity (Wildman–Crippen MR) is 113 cm³/mol. The van der Waals surface area contributed by atoms with Gasteiger partial charge in [-0.1, -0.05) is 109 Å². The normalized spacial score (nSPS) is 11.8. The third-order valence-electron chi connectivity index (χ3n) is 4.86. The van der Waals surface area contributed by atoms with Crippen LogP contribution in [-0.4, -0.2) is 10.9 Å². The predicted octanol–water partition coefficient (Wildman–Crippen LogP) is 5.94. The Bertz CT molecular complexity index is 1050. The molecule has 4 rings (SSSR count). The van der Waals surface area contributed by atoms with Gasteiger partial charge in [0, 0.05) is 5.56 Å². The van der Waals surface area contributed by atoms with Gasteiger partial charge in [-0.2, -0.15) is 0 Å². The molecule has 4 aromatic carbocycles. The molecule has 0 aliphatic heterocycles. The van der Waals surface area contributed by atoms with E-state index in [-0.39, 0.29) is 5.78 Å². The second-order valence-electron chi connectivity index (χ2n) is 6.70. The Morgan fingerprint density at radius 1 is 0.536 bits per heavy atom. The third-order valence-corrected chi connectivity index (χ3v) is 4.86. The summed E-state index contributed by atoms with van der Waals surface area (Å²) in [4.78, 5) is 12.7. The molecule has 0 aromatic heterocycles. The van der Waals surface area contributed by atoms with E-state index < -0.39 is 6.10 Å². The maximum Gasteiger partial charge on any atom is 0.195 e. The first-order valence-corrected chi connectivity index (χ1v) is 9.25. The number of aliphatic hydroxyl groups is 1. The van der Waals surface area contributed by atoms with Crippen molar-refractivity contribution in [1.29, 1.82) is 0 Å². The minimum Gasteiger partial charge on any atom is -0.380 e. The van der Waals surface area contributed by atoms with Crippen molar-refractivity contribution in [1.82, 2.24) is 0 Å². The van der Waals surface area contributed by atoms with E-state index in [0.717, 1.165) is 22.3 Å². The molecular weight excluding hydrogens is 344 g/mol. The monoisotopic (exact) mass is 364 g/mol. The van der Waals surface area contributed by atoms with Gasteiger partial charge in [-0.15, -0.1) is 0 Å². The van der Waals surface area contributed by atoms with Crippen LogP contribution in [0.25, 0.3) is 22.3 Å². The summed E-state index contributed by atoms with van der Waals surface area (Å²) in [5, 5.41) is 10.5. The molecule has 0 saturated carbocycles. The number of carbonyl (C=O) groups excluding carboxylic acids is 1. The van der Waals surface area contributed by atoms with Crippen molar-refractivity contribution < 1.29 is 9.90 Å². The Hall–Kier alpha value is -3.49. The smallest absolute Gasteiger partial charge is 0.195 e. The zero-order valence-electron chi connectivity index (χ0n) is 15.3. The minimum absolute atomic E-state index is 0.299. The first-order valence-electron chi connectivity index (χ1n) is 9.25. The van der Waals surface area contributed by atoms with E-state index >= 15 is 0 Å². The van der Waals surface area contributed by atoms with Gasteiger partial charge in [0.1, 0.15) is 6.10 Å². The summed E-state index contributed by atoms with van der Waals surface area (Å²) in [5.41, 5.74) is 5.39. The maximum atomic E-state index is 12.7. The number of ketones is 1. The summed E-state index contributed by atoms with van der Waals surface area (Å²) in [6, 6.07) is 34.8. The molecule has 0 fully saturated rings. The van der Waals surface area contributed by atoms with E-state index in [4.69, 9.17) is 0 Å². The van der Waals surface area contributed by atoms with Gasteiger partial charge >= 0.3 is 0 Å². The lowest BCUT2D eigenvalue weighted by atomic mass is 9.96. The molecule has 28 heavy (non-hydrogen) atoms. The number of carbonyl (C=O) groups is 1. The number of aliphatic hydroxyl groups excluding tert-OH is 1. The van der Waals surface area contributed by atoms with Crippen molar-refractivity contribution in [2.75, 3.05) is 0 Å². The quantitative estimate of drug-likeness (QED) is 0.445. The van der Waals surface area contributed by atoms with Crippen LogP contribution in [0.4, 0.5) is 0 Å². The molecule has 0 amide bonds. The molecule has 136 valence electrons. The largest absolute Gasteiger partial charge is 0.380 e. The fourth-order valence-corrected chi connectivity index (χ4v) is 3.26. The first-order chi connectivity index (χ1) is 13.7. The summed E-state index contributed by atoms with van der Waals surface area (Å²) >= 11 is 0. The lowest BCUT2D eigenvalue weighted by Gasteiger charge is -2.12. The van der Waals surface area contributed by atoms with Crippen molar-refractivity contribution in [3.05, 3.63) is 120 Å². The number of Topliss-reactive ketones (excluding diaryl/α,β-unsaturated/α-hetero) is 1. The molecule has 0 heterocycles. The van der Waals surface area contributed by atoms with E-state index in [2.05, 4.69) is 0 Å². The number of hydrogen-bond acceptors (Lipinski definition) is 2. The van der Waals surface area contributed by atoms with Crippen LogP contribution in [0.2, 0.25) is 0 Å². The Kier molecular flexibility index (Phi) is 5.14. The fraction of sp³-hybridized carbons (Fsp3) is 0.0385. The van der Waals surface area contributed by atoms with Crippen LogP contribution in [0.5, 0.6) is 0 Å². The zero-order chi connectivity index (χ0) is 19.3. The first kappa shape index (κ1) is 17.9. The topological polar surface area (TPSA) is 37.3 Å². The lowest BCUT2D eigenvalue weighted by Crippen LogP contribution is -2.12. The lowest BCUT2D eigenvalue weighted by molar-refractivity contribution is 0.0747. The molecule has 4 aromatic rings. The highest BCUT2D eigenvalue weighted by atomic mass is 16.3. The summed E-state index contributed by atoms with van der Waals surface area (Å²) in [5.74, 6) is -0.299. The van der Waals surface area contributed by atoms with Crippen molar-refractivity contribution in [2.45, 2.75) is 6.10 Å². The summed E-state index contributed by atoms with van der Waals surface area (Å²) in [6.45, 7) is 0. The average molecular weight is 364 g/mol. The van der Waals surface area contributed by atoms with Gasteiger partial charge in [0.25, 0.3) is 0 Å². The number of hydrogen-bond donors (Lipinski definition) is 1. The molecule has 0 bridgehead atoms. The third kappa shape index (κ3) is 3.78. The second-order valence-corrected chi connectivity index (χ2v) is 6.70. The number of rotatable bonds is 5. The molecule has 1 N–H and O–H groups in total. The van der Waals surface area contributed by atoms with Gasteiger partial charge in [0.2, 0.25) is 0 Å². The highest BCUT2D eigenvalue weighted by molar-refractivity contribution is 6.00. The van der Waals surface area contributed by atoms with Gasteiger partial charge in [-0.25, -0.2) is 0 Å². The molecule has 0 saturated heterocycles. The molecule has 0 aliphatic carbocycles. The van der Waals surface area contributed by atoms with Gasteiger partial charge in [0.15, 0.2) is 5.78 Å². The average Bonchev–Trinajstić information content (AvgIpc) is 2.79. The second kappa shape index (κ2) is 8.03. The number of benzene rings is 4. The Balaban J connectivity index is 1.51. The SMILES string of the molecule is O=C(c1ccc(-c2ccccc2)cc1)C(O)c1ccc(-c2ccccc2)cc1. The van der Waals surface area contributed by atoms with Crippen molar-refractivity contribution >= 4 is 5.78 Å². The molecule has 0 spiro atoms. The Morgan fingerprint density at radius 3 is 1.39 bits per heavy atom. The zero-order valence-corrected chi connectivity index (χ0v) is 15.3. The van der Waals surface area contributed by atoms with Crippen molar-refractivity contribution in [2.24, 2.45) is 0 Å². The molecular formula is C26H20O2. The van der Waals surface area contributed by atoms with E-state index in [1.165, 1.54) is 0 Å². The molecule has 2 heteroatoms. The van der Waals surface area contributed by atoms with Crippen LogP contribution >= 0.6 is 0 Å². The minimum atomic E-state index is -1.17. The van der Waals surface area contributed by atoms with Gasteiger partial charge in [-0.05, 0) is 27.8 Å². The molecule has 1 unspecified atom stereocenters. The van der Waals surface area contributed by atoms with E-state index in [1.54, 1.807) is 12.1 Å². The molecule has 0 aliphatic rings. The van der Waals surface area contributed by atoms with Crippen LogP contribution in [0, 0.1) is 0 Å². The van der Waals surface area contributed by atoms with E-state index in [0.29, 0.717) is 11.1 Å². The highest BCUT2D eigenvalue weighted by Gasteiger charge is 2.19. The van der Waals surface area contributed by atoms with Crippen molar-refractivity contribution in [3.63, 3.8) is 0 Å². The van der Waals surface area contributed by atoms with Crippen LogP contribution in [-0.2, 0) is 0 Å². The highest BCUT2D eigenvalue weighted by Crippen LogP contribution is 2.25. The fourth-order valence-electron chi connectivity index (χ4n) is 3.26. The summed E-state index contributed by atoms with van der Waals surface area (Å²) < 4.78 is 0. The summed E-state index contributed by atoms with van der Waals surface area (Å²) in [6.07, 6.45) is -1.17.